The van der Waals surface area contributed by atoms with Gasteiger partial charge in [-0.15, -0.1) is 0 Å². The van der Waals surface area contributed by atoms with Crippen LogP contribution in [0.5, 0.6) is 0 Å². The summed E-state index contributed by atoms with van der Waals surface area (Å²) in [6, 6.07) is 0.436. The molecule has 0 aliphatic carbocycles. The minimum Gasteiger partial charge on any atom is -0.325 e. The van der Waals surface area contributed by atoms with Gasteiger partial charge in [0.15, 0.2) is 0 Å². The van der Waals surface area contributed by atoms with Gasteiger partial charge in [-0.1, -0.05) is 65.2 Å². The van der Waals surface area contributed by atoms with Crippen LogP contribution in [0.1, 0.15) is 85.0 Å². The molecule has 1 aliphatic heterocycles. The third-order valence-corrected chi connectivity index (χ3v) is 4.81. The van der Waals surface area contributed by atoms with Crippen molar-refractivity contribution in [3.63, 3.8) is 0 Å². The highest BCUT2D eigenvalue weighted by Crippen LogP contribution is 2.32. The molecule has 1 heterocycles. The van der Waals surface area contributed by atoms with E-state index in [4.69, 9.17) is 5.73 Å². The van der Waals surface area contributed by atoms with Crippen LogP contribution >= 0.6 is 0 Å². The fourth-order valence-corrected chi connectivity index (χ4v) is 3.26. The molecular weight excluding hydrogens is 232 g/mol. The van der Waals surface area contributed by atoms with Crippen LogP contribution in [-0.2, 0) is 0 Å². The van der Waals surface area contributed by atoms with Gasteiger partial charge in [-0.25, -0.2) is 0 Å². The number of rotatable bonds is 11. The van der Waals surface area contributed by atoms with Crippen LogP contribution in [0.4, 0.5) is 0 Å². The van der Waals surface area contributed by atoms with Crippen molar-refractivity contribution >= 4 is 0 Å². The summed E-state index contributed by atoms with van der Waals surface area (Å²) in [6.45, 7) is 9.31. The smallest absolute Gasteiger partial charge is 0.0297 e. The molecule has 1 rings (SSSR count). The Morgan fingerprint density at radius 2 is 1.37 bits per heavy atom. The molecule has 2 nitrogen and oxygen atoms in total. The van der Waals surface area contributed by atoms with E-state index < -0.39 is 0 Å². The van der Waals surface area contributed by atoms with E-state index in [1.165, 1.54) is 64.2 Å². The largest absolute Gasteiger partial charge is 0.325 e. The lowest BCUT2D eigenvalue weighted by Crippen LogP contribution is -2.64. The minimum atomic E-state index is 0.428. The second-order valence-corrected chi connectivity index (χ2v) is 6.78. The van der Waals surface area contributed by atoms with Crippen LogP contribution in [-0.4, -0.2) is 29.6 Å². The SMILES string of the molecule is CCCCCCC(C)(CCCCCC)N1CC(N)C1. The molecule has 1 aliphatic rings. The quantitative estimate of drug-likeness (QED) is 0.565. The average Bonchev–Trinajstić information content (AvgIpc) is 2.36. The molecule has 0 radical (unpaired) electrons. The Hall–Kier alpha value is -0.0800. The van der Waals surface area contributed by atoms with Crippen molar-refractivity contribution in [2.24, 2.45) is 5.73 Å². The van der Waals surface area contributed by atoms with E-state index in [9.17, 15) is 0 Å². The summed E-state index contributed by atoms with van der Waals surface area (Å²) in [4.78, 5) is 2.65. The molecule has 0 amide bonds. The molecule has 0 saturated carbocycles. The highest BCUT2D eigenvalue weighted by atomic mass is 15.3. The second-order valence-electron chi connectivity index (χ2n) is 6.78. The van der Waals surface area contributed by atoms with E-state index in [1.54, 1.807) is 0 Å². The lowest BCUT2D eigenvalue weighted by Gasteiger charge is -2.50. The first-order chi connectivity index (χ1) is 9.12. The van der Waals surface area contributed by atoms with E-state index in [1.807, 2.05) is 0 Å². The Balaban J connectivity index is 2.33. The first-order valence-electron chi connectivity index (χ1n) is 8.63. The maximum absolute atomic E-state index is 5.98. The first-order valence-corrected chi connectivity index (χ1v) is 8.63. The van der Waals surface area contributed by atoms with Crippen LogP contribution in [0.25, 0.3) is 0 Å². The van der Waals surface area contributed by atoms with Crippen molar-refractivity contribution in [2.75, 3.05) is 13.1 Å². The molecular formula is C17H36N2. The van der Waals surface area contributed by atoms with Crippen LogP contribution in [0.3, 0.4) is 0 Å². The molecule has 1 saturated heterocycles. The number of nitrogens with two attached hydrogens (primary N) is 1. The summed E-state index contributed by atoms with van der Waals surface area (Å²) >= 11 is 0. The molecule has 114 valence electrons. The lowest BCUT2D eigenvalue weighted by atomic mass is 9.83. The zero-order valence-electron chi connectivity index (χ0n) is 13.6. The van der Waals surface area contributed by atoms with Crippen molar-refractivity contribution in [3.8, 4) is 0 Å². The van der Waals surface area contributed by atoms with E-state index in [-0.39, 0.29) is 0 Å². The van der Waals surface area contributed by atoms with Crippen LogP contribution in [0.15, 0.2) is 0 Å². The van der Waals surface area contributed by atoms with Crippen molar-refractivity contribution in [3.05, 3.63) is 0 Å². The Kier molecular flexibility index (Phi) is 8.01. The van der Waals surface area contributed by atoms with Gasteiger partial charge in [-0.3, -0.25) is 4.90 Å². The van der Waals surface area contributed by atoms with Gasteiger partial charge in [0.1, 0.15) is 0 Å². The summed E-state index contributed by atoms with van der Waals surface area (Å²) in [5.41, 5.74) is 6.40. The molecule has 0 aromatic rings. The third kappa shape index (κ3) is 5.83. The van der Waals surface area contributed by atoms with Gasteiger partial charge in [0.25, 0.3) is 0 Å². The van der Waals surface area contributed by atoms with Gasteiger partial charge in [-0.05, 0) is 19.8 Å². The van der Waals surface area contributed by atoms with Crippen molar-refractivity contribution < 1.29 is 0 Å². The van der Waals surface area contributed by atoms with E-state index in [2.05, 4.69) is 25.7 Å². The second kappa shape index (κ2) is 8.97. The third-order valence-electron chi connectivity index (χ3n) is 4.81. The predicted molar refractivity (Wildman–Crippen MR) is 85.5 cm³/mol. The number of likely N-dealkylation sites (tertiary alicyclic amines) is 1. The predicted octanol–water partition coefficient (Wildman–Crippen LogP) is 4.33. The van der Waals surface area contributed by atoms with Crippen LogP contribution in [0, 0.1) is 0 Å². The molecule has 0 bridgehead atoms. The summed E-state index contributed by atoms with van der Waals surface area (Å²) in [6.07, 6.45) is 13.8. The summed E-state index contributed by atoms with van der Waals surface area (Å²) in [5.74, 6) is 0. The fraction of sp³-hybridized carbons (Fsp3) is 1.00. The lowest BCUT2D eigenvalue weighted by molar-refractivity contribution is 0.0101. The van der Waals surface area contributed by atoms with E-state index in [0.717, 1.165) is 13.1 Å². The van der Waals surface area contributed by atoms with Crippen LogP contribution < -0.4 is 5.73 Å². The number of unbranched alkanes of at least 4 members (excludes halogenated alkanes) is 6. The van der Waals surface area contributed by atoms with Crippen molar-refractivity contribution in [2.45, 2.75) is 96.6 Å². The molecule has 0 aromatic heterocycles. The molecule has 0 atom stereocenters. The Labute approximate surface area is 121 Å². The van der Waals surface area contributed by atoms with Gasteiger partial charge in [-0.2, -0.15) is 0 Å². The van der Waals surface area contributed by atoms with Gasteiger partial charge < -0.3 is 5.73 Å². The summed E-state index contributed by atoms with van der Waals surface area (Å²) in [5, 5.41) is 0. The Bertz CT molecular complexity index is 209. The van der Waals surface area contributed by atoms with Crippen LogP contribution in [0.2, 0.25) is 0 Å². The zero-order chi connectivity index (χ0) is 14.1. The highest BCUT2D eigenvalue weighted by molar-refractivity contribution is 4.95. The maximum atomic E-state index is 5.98. The monoisotopic (exact) mass is 268 g/mol. The highest BCUT2D eigenvalue weighted by Gasteiger charge is 2.37. The number of nitrogens with zero attached hydrogens (tertiary/aromatic N) is 1. The number of hydrogen-bond donors (Lipinski definition) is 1. The van der Waals surface area contributed by atoms with Gasteiger partial charge >= 0.3 is 0 Å². The average molecular weight is 268 g/mol. The molecule has 1 fully saturated rings. The van der Waals surface area contributed by atoms with Gasteiger partial charge in [0.2, 0.25) is 0 Å². The maximum Gasteiger partial charge on any atom is 0.0297 e. The van der Waals surface area contributed by atoms with Gasteiger partial charge in [0.05, 0.1) is 0 Å². The normalized spacial score (nSPS) is 17.7. The summed E-state index contributed by atoms with van der Waals surface area (Å²) < 4.78 is 0. The first kappa shape index (κ1) is 17.0. The topological polar surface area (TPSA) is 29.3 Å². The zero-order valence-corrected chi connectivity index (χ0v) is 13.6. The van der Waals surface area contributed by atoms with Gasteiger partial charge in [0, 0.05) is 24.7 Å². The van der Waals surface area contributed by atoms with E-state index >= 15 is 0 Å². The molecule has 2 N–H and O–H groups in total. The van der Waals surface area contributed by atoms with Crippen molar-refractivity contribution in [1.82, 2.24) is 4.90 Å². The minimum absolute atomic E-state index is 0.428. The fourth-order valence-electron chi connectivity index (χ4n) is 3.26. The molecule has 0 spiro atoms. The van der Waals surface area contributed by atoms with Crippen molar-refractivity contribution in [1.29, 1.82) is 0 Å². The van der Waals surface area contributed by atoms with E-state index in [0.29, 0.717) is 11.6 Å². The Morgan fingerprint density at radius 3 is 1.74 bits per heavy atom. The molecule has 0 aromatic carbocycles. The summed E-state index contributed by atoms with van der Waals surface area (Å²) in [7, 11) is 0. The number of hydrogen-bond acceptors (Lipinski definition) is 2. The molecule has 0 unspecified atom stereocenters. The standard InChI is InChI=1S/C17H36N2/c1-4-6-8-10-12-17(3,13-11-9-7-5-2)19-14-16(18)15-19/h16H,4-15,18H2,1-3H3. The molecule has 19 heavy (non-hydrogen) atoms. The Morgan fingerprint density at radius 1 is 0.895 bits per heavy atom. The molecule has 2 heteroatoms.